The van der Waals surface area contributed by atoms with E-state index in [1.54, 1.807) is 0 Å². The molecule has 0 atom stereocenters. The fraction of sp³-hybridized carbons (Fsp3) is 0.133. The third-order valence-corrected chi connectivity index (χ3v) is 3.53. The topological polar surface area (TPSA) is 26.3 Å². The number of ketones is 1. The first-order valence-electron chi connectivity index (χ1n) is 5.97. The Balaban J connectivity index is 2.11. The number of ether oxygens (including phenoxy) is 1. The van der Waals surface area contributed by atoms with Gasteiger partial charge in [-0.15, -0.1) is 0 Å². The SMILES string of the molecule is O=C(Cc1cc(F)ccc1Br)c1ccc(OC(F)F)cc1. The summed E-state index contributed by atoms with van der Waals surface area (Å²) in [6.07, 6.45) is 0.00734. The lowest BCUT2D eigenvalue weighted by atomic mass is 10.0. The number of rotatable bonds is 5. The maximum Gasteiger partial charge on any atom is 0.387 e. The van der Waals surface area contributed by atoms with Crippen LogP contribution >= 0.6 is 15.9 Å². The van der Waals surface area contributed by atoms with Gasteiger partial charge in [0, 0.05) is 16.5 Å². The van der Waals surface area contributed by atoms with E-state index >= 15 is 0 Å². The summed E-state index contributed by atoms with van der Waals surface area (Å²) in [6.45, 7) is -2.91. The van der Waals surface area contributed by atoms with Crippen LogP contribution in [0.2, 0.25) is 0 Å². The van der Waals surface area contributed by atoms with Crippen molar-refractivity contribution in [3.63, 3.8) is 0 Å². The van der Waals surface area contributed by atoms with Crippen LogP contribution in [0, 0.1) is 5.82 Å². The third-order valence-electron chi connectivity index (χ3n) is 2.76. The third kappa shape index (κ3) is 4.32. The molecular formula is C15H10BrF3O2. The number of carbonyl (C=O) groups excluding carboxylic acids is 1. The lowest BCUT2D eigenvalue weighted by molar-refractivity contribution is -0.0498. The normalized spacial score (nSPS) is 10.7. The van der Waals surface area contributed by atoms with Crippen molar-refractivity contribution in [1.29, 1.82) is 0 Å². The number of hydrogen-bond acceptors (Lipinski definition) is 2. The average Bonchev–Trinajstić information content (AvgIpc) is 2.43. The number of Topliss-reactive ketones (excluding diaryl/α,β-unsaturated/α-hetero) is 1. The average molecular weight is 359 g/mol. The van der Waals surface area contributed by atoms with E-state index in [-0.39, 0.29) is 18.0 Å². The van der Waals surface area contributed by atoms with E-state index in [1.165, 1.54) is 42.5 Å². The number of hydrogen-bond donors (Lipinski definition) is 0. The minimum absolute atomic E-state index is 0.00734. The molecule has 0 spiro atoms. The van der Waals surface area contributed by atoms with Gasteiger partial charge in [-0.3, -0.25) is 4.79 Å². The van der Waals surface area contributed by atoms with E-state index in [0.29, 0.717) is 15.6 Å². The van der Waals surface area contributed by atoms with Crippen LogP contribution in [0.5, 0.6) is 5.75 Å². The van der Waals surface area contributed by atoms with Gasteiger partial charge in [0.05, 0.1) is 0 Å². The van der Waals surface area contributed by atoms with Gasteiger partial charge >= 0.3 is 6.61 Å². The lowest BCUT2D eigenvalue weighted by Crippen LogP contribution is -2.05. The molecule has 0 aromatic heterocycles. The largest absolute Gasteiger partial charge is 0.435 e. The monoisotopic (exact) mass is 358 g/mol. The highest BCUT2D eigenvalue weighted by Crippen LogP contribution is 2.21. The molecule has 2 rings (SSSR count). The molecule has 0 unspecified atom stereocenters. The van der Waals surface area contributed by atoms with Gasteiger partial charge in [-0.2, -0.15) is 8.78 Å². The van der Waals surface area contributed by atoms with Gasteiger partial charge in [0.25, 0.3) is 0 Å². The van der Waals surface area contributed by atoms with Crippen LogP contribution < -0.4 is 4.74 Å². The van der Waals surface area contributed by atoms with Gasteiger partial charge < -0.3 is 4.74 Å². The minimum Gasteiger partial charge on any atom is -0.435 e. The molecule has 0 bridgehead atoms. The van der Waals surface area contributed by atoms with Gasteiger partial charge in [-0.25, -0.2) is 4.39 Å². The zero-order chi connectivity index (χ0) is 15.4. The van der Waals surface area contributed by atoms with Crippen molar-refractivity contribution in [2.75, 3.05) is 0 Å². The van der Waals surface area contributed by atoms with Gasteiger partial charge in [-0.1, -0.05) is 15.9 Å². The molecule has 0 saturated heterocycles. The number of halogens is 4. The van der Waals surface area contributed by atoms with Crippen LogP contribution in [0.4, 0.5) is 13.2 Å². The Kier molecular flexibility index (Phi) is 5.01. The number of alkyl halides is 2. The molecule has 2 nitrogen and oxygen atoms in total. The summed E-state index contributed by atoms with van der Waals surface area (Å²) in [4.78, 5) is 12.1. The van der Waals surface area contributed by atoms with E-state index in [2.05, 4.69) is 20.7 Å². The fourth-order valence-electron chi connectivity index (χ4n) is 1.78. The van der Waals surface area contributed by atoms with Gasteiger partial charge in [-0.05, 0) is 48.0 Å². The molecule has 0 N–H and O–H groups in total. The summed E-state index contributed by atoms with van der Waals surface area (Å²) in [5.74, 6) is -0.694. The molecule has 0 fully saturated rings. The first-order chi connectivity index (χ1) is 9.95. The Hall–Kier alpha value is -1.82. The molecule has 0 saturated carbocycles. The summed E-state index contributed by atoms with van der Waals surface area (Å²) in [5.41, 5.74) is 0.862. The van der Waals surface area contributed by atoms with Crippen LogP contribution in [-0.2, 0) is 6.42 Å². The van der Waals surface area contributed by atoms with Crippen LogP contribution in [0.15, 0.2) is 46.9 Å². The quantitative estimate of drug-likeness (QED) is 0.729. The highest BCUT2D eigenvalue weighted by molar-refractivity contribution is 9.10. The van der Waals surface area contributed by atoms with Gasteiger partial charge in [0.2, 0.25) is 0 Å². The molecule has 0 amide bonds. The van der Waals surface area contributed by atoms with Crippen molar-refractivity contribution >= 4 is 21.7 Å². The van der Waals surface area contributed by atoms with E-state index < -0.39 is 12.4 Å². The van der Waals surface area contributed by atoms with Crippen LogP contribution in [0.25, 0.3) is 0 Å². The Morgan fingerprint density at radius 1 is 1.14 bits per heavy atom. The predicted octanol–water partition coefficient (Wildman–Crippen LogP) is 4.62. The molecule has 2 aromatic carbocycles. The smallest absolute Gasteiger partial charge is 0.387 e. The van der Waals surface area contributed by atoms with Crippen molar-refractivity contribution in [3.05, 3.63) is 63.9 Å². The highest BCUT2D eigenvalue weighted by Gasteiger charge is 2.11. The molecule has 6 heteroatoms. The molecule has 0 radical (unpaired) electrons. The van der Waals surface area contributed by atoms with E-state index in [1.807, 2.05) is 0 Å². The summed E-state index contributed by atoms with van der Waals surface area (Å²) >= 11 is 3.25. The van der Waals surface area contributed by atoms with Gasteiger partial charge in [0.15, 0.2) is 5.78 Å². The lowest BCUT2D eigenvalue weighted by Gasteiger charge is -2.07. The molecule has 0 aliphatic heterocycles. The van der Waals surface area contributed by atoms with Crippen molar-refractivity contribution in [1.82, 2.24) is 0 Å². The molecule has 110 valence electrons. The zero-order valence-electron chi connectivity index (χ0n) is 10.7. The standard InChI is InChI=1S/C15H10BrF3O2/c16-13-6-3-11(17)7-10(13)8-14(20)9-1-4-12(5-2-9)21-15(18)19/h1-7,15H,8H2. The number of benzene rings is 2. The van der Waals surface area contributed by atoms with E-state index in [9.17, 15) is 18.0 Å². The fourth-order valence-corrected chi connectivity index (χ4v) is 2.16. The first kappa shape index (κ1) is 15.6. The second-order valence-corrected chi connectivity index (χ2v) is 5.09. The Morgan fingerprint density at radius 3 is 2.43 bits per heavy atom. The first-order valence-corrected chi connectivity index (χ1v) is 6.77. The maximum absolute atomic E-state index is 13.2. The molecular weight excluding hydrogens is 349 g/mol. The molecule has 21 heavy (non-hydrogen) atoms. The number of carbonyl (C=O) groups is 1. The minimum atomic E-state index is -2.91. The molecule has 2 aromatic rings. The highest BCUT2D eigenvalue weighted by atomic mass is 79.9. The van der Waals surface area contributed by atoms with Crippen molar-refractivity contribution in [2.45, 2.75) is 13.0 Å². The Bertz CT molecular complexity index is 642. The van der Waals surface area contributed by atoms with Crippen molar-refractivity contribution in [2.24, 2.45) is 0 Å². The summed E-state index contributed by atoms with van der Waals surface area (Å²) in [7, 11) is 0. The summed E-state index contributed by atoms with van der Waals surface area (Å²) in [6, 6.07) is 9.46. The van der Waals surface area contributed by atoms with Crippen LogP contribution in [0.1, 0.15) is 15.9 Å². The molecule has 0 aliphatic rings. The summed E-state index contributed by atoms with van der Waals surface area (Å²) < 4.78 is 42.0. The van der Waals surface area contributed by atoms with Crippen molar-refractivity contribution in [3.8, 4) is 5.75 Å². The van der Waals surface area contributed by atoms with Crippen LogP contribution in [0.3, 0.4) is 0 Å². The Morgan fingerprint density at radius 2 is 1.81 bits per heavy atom. The van der Waals surface area contributed by atoms with Crippen molar-refractivity contribution < 1.29 is 22.7 Å². The second-order valence-electron chi connectivity index (χ2n) is 4.24. The van der Waals surface area contributed by atoms with Gasteiger partial charge in [0.1, 0.15) is 11.6 Å². The zero-order valence-corrected chi connectivity index (χ0v) is 12.2. The second kappa shape index (κ2) is 6.76. The summed E-state index contributed by atoms with van der Waals surface area (Å²) in [5, 5.41) is 0. The van der Waals surface area contributed by atoms with Crippen LogP contribution in [-0.4, -0.2) is 12.4 Å². The predicted molar refractivity (Wildman–Crippen MR) is 75.2 cm³/mol. The molecule has 0 heterocycles. The van der Waals surface area contributed by atoms with E-state index in [0.717, 1.165) is 0 Å². The maximum atomic E-state index is 13.2. The van der Waals surface area contributed by atoms with E-state index in [4.69, 9.17) is 0 Å². The Labute approximate surface area is 127 Å². The molecule has 0 aliphatic carbocycles.